The van der Waals surface area contributed by atoms with Crippen molar-refractivity contribution in [3.05, 3.63) is 65.4 Å². The number of imidazole rings is 1. The fraction of sp³-hybridized carbons (Fsp3) is 0.238. The molecule has 0 aliphatic rings. The van der Waals surface area contributed by atoms with E-state index in [1.807, 2.05) is 30.3 Å². The monoisotopic (exact) mass is 413 g/mol. The largest absolute Gasteiger partial charge is 0.490 e. The number of nitrogens with two attached hydrogens (primary N) is 1. The number of anilines is 1. The second-order valence-electron chi connectivity index (χ2n) is 6.69. The van der Waals surface area contributed by atoms with Crippen LogP contribution in [-0.4, -0.2) is 35.5 Å². The Morgan fingerprint density at radius 2 is 1.86 bits per heavy atom. The van der Waals surface area contributed by atoms with Crippen LogP contribution in [0.15, 0.2) is 54.3 Å². The number of ether oxygens (including phenoxy) is 1. The molecule has 7 nitrogen and oxygen atoms in total. The van der Waals surface area contributed by atoms with Crippen molar-refractivity contribution in [3.8, 4) is 0 Å². The van der Waals surface area contributed by atoms with E-state index in [1.54, 1.807) is 39.0 Å². The molecule has 0 radical (unpaired) electrons. The first-order valence-corrected chi connectivity index (χ1v) is 10.7. The third-order valence-corrected chi connectivity index (χ3v) is 6.58. The second kappa shape index (κ2) is 8.08. The number of fused-ring (bicyclic) bond motifs is 1. The maximum absolute atomic E-state index is 12.8. The summed E-state index contributed by atoms with van der Waals surface area (Å²) in [6, 6.07) is 14.4. The maximum Gasteiger partial charge on any atom is 0.244 e. The molecule has 0 unspecified atom stereocenters. The summed E-state index contributed by atoms with van der Waals surface area (Å²) >= 11 is 0. The summed E-state index contributed by atoms with van der Waals surface area (Å²) in [6.07, 6.45) is 0.659. The third-order valence-electron chi connectivity index (χ3n) is 4.49. The van der Waals surface area contributed by atoms with Crippen LogP contribution in [0.5, 0.6) is 0 Å². The lowest BCUT2D eigenvalue weighted by Gasteiger charge is -2.14. The van der Waals surface area contributed by atoms with E-state index in [9.17, 15) is 13.2 Å². The van der Waals surface area contributed by atoms with Crippen molar-refractivity contribution >= 4 is 38.9 Å². The van der Waals surface area contributed by atoms with E-state index in [1.165, 1.54) is 0 Å². The molecule has 0 spiro atoms. The van der Waals surface area contributed by atoms with Gasteiger partial charge in [0.05, 0.1) is 22.9 Å². The molecule has 3 aromatic rings. The molecule has 2 aromatic carbocycles. The van der Waals surface area contributed by atoms with Gasteiger partial charge in [-0.3, -0.25) is 4.79 Å². The molecule has 29 heavy (non-hydrogen) atoms. The fourth-order valence-electron chi connectivity index (χ4n) is 3.08. The molecule has 0 bridgehead atoms. The van der Waals surface area contributed by atoms with Crippen LogP contribution < -0.4 is 5.73 Å². The summed E-state index contributed by atoms with van der Waals surface area (Å²) in [7, 11) is -3.72. The molecule has 0 fully saturated rings. The second-order valence-corrected chi connectivity index (χ2v) is 9.03. The SMILES string of the molecule is CCOC(C=O)=C(c1ccccc1)c1ccc2nc(N)n(S(=O)(=O)C(C)C)c2c1. The number of nitrogen functional groups attached to an aromatic ring is 1. The molecule has 0 aliphatic heterocycles. The maximum atomic E-state index is 12.8. The van der Waals surface area contributed by atoms with Gasteiger partial charge in [-0.05, 0) is 44.0 Å². The van der Waals surface area contributed by atoms with Crippen LogP contribution >= 0.6 is 0 Å². The number of carbonyl (C=O) groups is 1. The van der Waals surface area contributed by atoms with E-state index in [4.69, 9.17) is 10.5 Å². The standard InChI is InChI=1S/C21H23N3O4S/c1-4-28-19(13-25)20(15-8-6-5-7-9-15)16-10-11-17-18(12-16)24(21(22)23-17)29(26,27)14(2)3/h5-14H,4H2,1-3H3,(H2,22,23). The van der Waals surface area contributed by atoms with Crippen molar-refractivity contribution in [1.29, 1.82) is 0 Å². The number of rotatable bonds is 7. The molecule has 152 valence electrons. The van der Waals surface area contributed by atoms with E-state index >= 15 is 0 Å². The summed E-state index contributed by atoms with van der Waals surface area (Å²) < 4.78 is 32.3. The van der Waals surface area contributed by atoms with Gasteiger partial charge in [0.25, 0.3) is 0 Å². The highest BCUT2D eigenvalue weighted by molar-refractivity contribution is 7.90. The fourth-order valence-corrected chi connectivity index (χ4v) is 4.23. The van der Waals surface area contributed by atoms with Crippen LogP contribution in [0.3, 0.4) is 0 Å². The van der Waals surface area contributed by atoms with Crippen molar-refractivity contribution in [3.63, 3.8) is 0 Å². The van der Waals surface area contributed by atoms with Crippen LogP contribution in [0.4, 0.5) is 5.95 Å². The van der Waals surface area contributed by atoms with E-state index in [0.29, 0.717) is 35.1 Å². The number of carbonyl (C=O) groups excluding carboxylic acids is 1. The average molecular weight is 413 g/mol. The van der Waals surface area contributed by atoms with Crippen LogP contribution in [0.25, 0.3) is 16.6 Å². The van der Waals surface area contributed by atoms with Crippen molar-refractivity contribution in [2.24, 2.45) is 0 Å². The van der Waals surface area contributed by atoms with Gasteiger partial charge >= 0.3 is 0 Å². The Morgan fingerprint density at radius 1 is 1.17 bits per heavy atom. The molecule has 0 saturated carbocycles. The number of aldehydes is 1. The van der Waals surface area contributed by atoms with E-state index in [0.717, 1.165) is 9.54 Å². The molecule has 1 aromatic heterocycles. The van der Waals surface area contributed by atoms with Gasteiger partial charge < -0.3 is 10.5 Å². The van der Waals surface area contributed by atoms with Gasteiger partial charge in [-0.2, -0.15) is 0 Å². The van der Waals surface area contributed by atoms with Crippen LogP contribution in [0.2, 0.25) is 0 Å². The molecule has 0 atom stereocenters. The van der Waals surface area contributed by atoms with Gasteiger partial charge in [0.1, 0.15) is 0 Å². The molecule has 0 aliphatic carbocycles. The minimum Gasteiger partial charge on any atom is -0.490 e. The van der Waals surface area contributed by atoms with Crippen LogP contribution in [-0.2, 0) is 19.6 Å². The van der Waals surface area contributed by atoms with Gasteiger partial charge in [-0.15, -0.1) is 0 Å². The van der Waals surface area contributed by atoms with Gasteiger partial charge in [0, 0.05) is 5.57 Å². The van der Waals surface area contributed by atoms with E-state index < -0.39 is 15.3 Å². The van der Waals surface area contributed by atoms with Crippen LogP contribution in [0.1, 0.15) is 31.9 Å². The minimum absolute atomic E-state index is 0.100. The Morgan fingerprint density at radius 3 is 2.45 bits per heavy atom. The van der Waals surface area contributed by atoms with Crippen molar-refractivity contribution in [2.75, 3.05) is 12.3 Å². The van der Waals surface area contributed by atoms with Crippen LogP contribution in [0, 0.1) is 0 Å². The molecule has 0 amide bonds. The minimum atomic E-state index is -3.72. The van der Waals surface area contributed by atoms with Crippen molar-refractivity contribution in [2.45, 2.75) is 26.0 Å². The molecule has 8 heteroatoms. The Labute approximate surface area is 169 Å². The van der Waals surface area contributed by atoms with Gasteiger partial charge in [0.15, 0.2) is 12.0 Å². The number of benzene rings is 2. The van der Waals surface area contributed by atoms with E-state index in [2.05, 4.69) is 4.98 Å². The molecule has 2 N–H and O–H groups in total. The average Bonchev–Trinajstić information content (AvgIpc) is 3.04. The Bertz CT molecular complexity index is 1180. The zero-order chi connectivity index (χ0) is 21.2. The Balaban J connectivity index is 2.34. The van der Waals surface area contributed by atoms with Crippen molar-refractivity contribution < 1.29 is 17.9 Å². The first kappa shape index (κ1) is 20.6. The highest BCUT2D eigenvalue weighted by Gasteiger charge is 2.25. The Kier molecular flexibility index (Phi) is 5.74. The van der Waals surface area contributed by atoms with E-state index in [-0.39, 0.29) is 11.7 Å². The molecule has 1 heterocycles. The molecular formula is C21H23N3O4S. The zero-order valence-electron chi connectivity index (χ0n) is 16.5. The summed E-state index contributed by atoms with van der Waals surface area (Å²) in [4.78, 5) is 15.9. The molecular weight excluding hydrogens is 390 g/mol. The lowest BCUT2D eigenvalue weighted by atomic mass is 9.96. The predicted octanol–water partition coefficient (Wildman–Crippen LogP) is 3.20. The normalized spacial score (nSPS) is 12.8. The number of aromatic nitrogens is 2. The molecule has 0 saturated heterocycles. The topological polar surface area (TPSA) is 104 Å². The lowest BCUT2D eigenvalue weighted by molar-refractivity contribution is -0.107. The first-order chi connectivity index (χ1) is 13.8. The quantitative estimate of drug-likeness (QED) is 0.362. The summed E-state index contributed by atoms with van der Waals surface area (Å²) in [5.41, 5.74) is 8.69. The van der Waals surface area contributed by atoms with Crippen molar-refractivity contribution in [1.82, 2.24) is 8.96 Å². The summed E-state index contributed by atoms with van der Waals surface area (Å²) in [5.74, 6) is 0.0697. The Hall–Kier alpha value is -3.13. The highest BCUT2D eigenvalue weighted by atomic mass is 32.2. The number of allylic oxidation sites excluding steroid dienone is 1. The highest BCUT2D eigenvalue weighted by Crippen LogP contribution is 2.31. The number of hydrogen-bond donors (Lipinski definition) is 1. The van der Waals surface area contributed by atoms with Gasteiger partial charge in [0.2, 0.25) is 16.0 Å². The smallest absolute Gasteiger partial charge is 0.244 e. The summed E-state index contributed by atoms with van der Waals surface area (Å²) in [5, 5.41) is -0.677. The molecule has 3 rings (SSSR count). The lowest BCUT2D eigenvalue weighted by Crippen LogP contribution is -2.23. The number of hydrogen-bond acceptors (Lipinski definition) is 6. The number of nitrogens with zero attached hydrogens (tertiary/aromatic N) is 2. The van der Waals surface area contributed by atoms with Gasteiger partial charge in [-0.25, -0.2) is 17.4 Å². The summed E-state index contributed by atoms with van der Waals surface area (Å²) in [6.45, 7) is 5.28. The first-order valence-electron chi connectivity index (χ1n) is 9.21. The predicted molar refractivity (Wildman–Crippen MR) is 114 cm³/mol. The van der Waals surface area contributed by atoms with Gasteiger partial charge in [-0.1, -0.05) is 36.4 Å². The third kappa shape index (κ3) is 3.75. The zero-order valence-corrected chi connectivity index (χ0v) is 17.3.